The first kappa shape index (κ1) is 23.0. The highest BCUT2D eigenvalue weighted by atomic mass is 19.3. The zero-order valence-corrected chi connectivity index (χ0v) is 19.0. The van der Waals surface area contributed by atoms with Crippen molar-refractivity contribution >= 4 is 28.3 Å². The van der Waals surface area contributed by atoms with Crippen LogP contribution < -0.4 is 10.2 Å². The van der Waals surface area contributed by atoms with Crippen molar-refractivity contribution in [3.05, 3.63) is 58.7 Å². The number of likely N-dealkylation sites (N-methyl/N-ethyl adjacent to an activating group) is 1. The highest BCUT2D eigenvalue weighted by Crippen LogP contribution is 2.43. The monoisotopic (exact) mass is 458 g/mol. The first-order chi connectivity index (χ1) is 15.4. The normalized spacial score (nSPS) is 16.3. The summed E-state index contributed by atoms with van der Waals surface area (Å²) in [6.45, 7) is 5.55. The van der Waals surface area contributed by atoms with Crippen molar-refractivity contribution in [2.24, 2.45) is 0 Å². The van der Waals surface area contributed by atoms with Crippen molar-refractivity contribution in [2.45, 2.75) is 45.1 Å². The number of nitrogens with one attached hydrogen (secondary N) is 1. The van der Waals surface area contributed by atoms with Crippen LogP contribution in [0.15, 0.2) is 30.3 Å². The number of fused-ring (bicyclic) bond motifs is 2. The van der Waals surface area contributed by atoms with Crippen LogP contribution in [0, 0.1) is 12.7 Å². The fourth-order valence-electron chi connectivity index (χ4n) is 4.35. The number of aliphatic hydroxyl groups excluding tert-OH is 1. The standard InChI is InChI=1S/C24H25F3N4O2/c1-12(14-7-6-8-16(20(14)25)24(26,27)11-32)28-21-15-9-17-19(10-18(15)29-13(2)30-21)31(5)22(33)23(17,3)4/h6-10,12,32H,11H2,1-5H3,(H,28,29,30)/t12-/m1/s1. The second-order valence-electron chi connectivity index (χ2n) is 8.93. The highest BCUT2D eigenvalue weighted by Gasteiger charge is 2.42. The zero-order valence-electron chi connectivity index (χ0n) is 19.0. The van der Waals surface area contributed by atoms with Gasteiger partial charge in [0.2, 0.25) is 5.91 Å². The number of rotatable bonds is 5. The molecule has 1 aliphatic rings. The SMILES string of the molecule is Cc1nc(N[C@H](C)c2cccc(C(F)(F)CO)c2F)c2cc3c(cc2n1)N(C)C(=O)C3(C)C. The Bertz CT molecular complexity index is 1280. The molecule has 9 heteroatoms. The van der Waals surface area contributed by atoms with E-state index < -0.39 is 35.4 Å². The summed E-state index contributed by atoms with van der Waals surface area (Å²) in [7, 11) is 1.72. The van der Waals surface area contributed by atoms with Crippen LogP contribution in [-0.2, 0) is 16.1 Å². The zero-order chi connectivity index (χ0) is 24.3. The number of anilines is 2. The Morgan fingerprint density at radius 2 is 1.94 bits per heavy atom. The van der Waals surface area contributed by atoms with Gasteiger partial charge in [0.25, 0.3) is 5.92 Å². The van der Waals surface area contributed by atoms with E-state index in [2.05, 4.69) is 15.3 Å². The van der Waals surface area contributed by atoms with E-state index in [0.29, 0.717) is 22.5 Å². The number of halogens is 3. The Balaban J connectivity index is 1.80. The van der Waals surface area contributed by atoms with E-state index in [1.54, 1.807) is 25.8 Å². The molecular formula is C24H25F3N4O2. The molecule has 2 aromatic carbocycles. The van der Waals surface area contributed by atoms with Gasteiger partial charge >= 0.3 is 0 Å². The molecule has 1 aromatic heterocycles. The number of aliphatic hydroxyl groups is 1. The van der Waals surface area contributed by atoms with Crippen LogP contribution in [0.2, 0.25) is 0 Å². The van der Waals surface area contributed by atoms with Crippen LogP contribution in [0.4, 0.5) is 24.7 Å². The summed E-state index contributed by atoms with van der Waals surface area (Å²) in [4.78, 5) is 23.3. The molecule has 0 fully saturated rings. The fourth-order valence-corrected chi connectivity index (χ4v) is 4.35. The molecule has 0 radical (unpaired) electrons. The van der Waals surface area contributed by atoms with Crippen LogP contribution in [0.1, 0.15) is 49.3 Å². The number of nitrogens with zero attached hydrogens (tertiary/aromatic N) is 3. The van der Waals surface area contributed by atoms with Crippen molar-refractivity contribution < 1.29 is 23.1 Å². The van der Waals surface area contributed by atoms with Crippen molar-refractivity contribution in [3.8, 4) is 0 Å². The molecule has 3 aromatic rings. The molecule has 174 valence electrons. The molecule has 33 heavy (non-hydrogen) atoms. The molecule has 1 aliphatic heterocycles. The summed E-state index contributed by atoms with van der Waals surface area (Å²) in [5.74, 6) is -3.94. The number of carbonyl (C=O) groups is 1. The van der Waals surface area contributed by atoms with Crippen LogP contribution in [0.25, 0.3) is 10.9 Å². The molecule has 2 N–H and O–H groups in total. The largest absolute Gasteiger partial charge is 0.390 e. The summed E-state index contributed by atoms with van der Waals surface area (Å²) in [6, 6.07) is 6.66. The number of benzene rings is 2. The van der Waals surface area contributed by atoms with Gasteiger partial charge in [-0.3, -0.25) is 4.79 Å². The van der Waals surface area contributed by atoms with Gasteiger partial charge in [0.05, 0.1) is 22.5 Å². The Morgan fingerprint density at radius 3 is 2.61 bits per heavy atom. The van der Waals surface area contributed by atoms with E-state index in [-0.39, 0.29) is 11.5 Å². The number of carbonyl (C=O) groups excluding carboxylic acids is 1. The molecule has 4 rings (SSSR count). The summed E-state index contributed by atoms with van der Waals surface area (Å²) < 4.78 is 42.9. The van der Waals surface area contributed by atoms with Gasteiger partial charge in [0, 0.05) is 23.7 Å². The van der Waals surface area contributed by atoms with E-state index in [9.17, 15) is 18.0 Å². The lowest BCUT2D eigenvalue weighted by Crippen LogP contribution is -2.33. The molecule has 0 bridgehead atoms. The minimum Gasteiger partial charge on any atom is -0.390 e. The van der Waals surface area contributed by atoms with Gasteiger partial charge in [-0.1, -0.05) is 12.1 Å². The van der Waals surface area contributed by atoms with Gasteiger partial charge in [-0.2, -0.15) is 8.78 Å². The van der Waals surface area contributed by atoms with E-state index in [0.717, 1.165) is 17.3 Å². The van der Waals surface area contributed by atoms with Crippen molar-refractivity contribution in [1.29, 1.82) is 0 Å². The quantitative estimate of drug-likeness (QED) is 0.585. The van der Waals surface area contributed by atoms with Crippen molar-refractivity contribution in [1.82, 2.24) is 9.97 Å². The molecule has 6 nitrogen and oxygen atoms in total. The molecule has 1 atom stereocenters. The number of aryl methyl sites for hydroxylation is 1. The maximum atomic E-state index is 15.0. The van der Waals surface area contributed by atoms with E-state index in [1.165, 1.54) is 12.1 Å². The predicted molar refractivity (Wildman–Crippen MR) is 120 cm³/mol. The molecule has 1 amide bonds. The minimum atomic E-state index is -3.69. The second kappa shape index (κ2) is 7.69. The Labute approximate surface area is 189 Å². The van der Waals surface area contributed by atoms with Crippen molar-refractivity contribution in [2.75, 3.05) is 23.9 Å². The van der Waals surface area contributed by atoms with Crippen LogP contribution in [0.3, 0.4) is 0 Å². The second-order valence-corrected chi connectivity index (χ2v) is 8.93. The highest BCUT2D eigenvalue weighted by molar-refractivity contribution is 6.10. The average Bonchev–Trinajstić information content (AvgIpc) is 2.92. The van der Waals surface area contributed by atoms with Crippen LogP contribution >= 0.6 is 0 Å². The lowest BCUT2D eigenvalue weighted by molar-refractivity contribution is -0.121. The lowest BCUT2D eigenvalue weighted by Gasteiger charge is -2.21. The molecular weight excluding hydrogens is 433 g/mol. The fraction of sp³-hybridized carbons (Fsp3) is 0.375. The minimum absolute atomic E-state index is 0.0152. The van der Waals surface area contributed by atoms with E-state index >= 15 is 0 Å². The number of aromatic nitrogens is 2. The summed E-state index contributed by atoms with van der Waals surface area (Å²) >= 11 is 0. The summed E-state index contributed by atoms with van der Waals surface area (Å²) in [5, 5.41) is 12.7. The summed E-state index contributed by atoms with van der Waals surface area (Å²) in [6.07, 6.45) is 0. The average molecular weight is 458 g/mol. The number of hydrogen-bond acceptors (Lipinski definition) is 5. The van der Waals surface area contributed by atoms with Gasteiger partial charge in [-0.15, -0.1) is 0 Å². The van der Waals surface area contributed by atoms with Gasteiger partial charge < -0.3 is 15.3 Å². The number of alkyl halides is 2. The Morgan fingerprint density at radius 1 is 1.24 bits per heavy atom. The van der Waals surface area contributed by atoms with E-state index in [1.807, 2.05) is 26.0 Å². The molecule has 0 saturated carbocycles. The smallest absolute Gasteiger partial charge is 0.298 e. The molecule has 0 unspecified atom stereocenters. The third kappa shape index (κ3) is 3.60. The third-order valence-corrected chi connectivity index (χ3v) is 6.24. The Hall–Kier alpha value is -3.20. The lowest BCUT2D eigenvalue weighted by atomic mass is 9.85. The van der Waals surface area contributed by atoms with Crippen LogP contribution in [-0.4, -0.2) is 34.6 Å². The topological polar surface area (TPSA) is 78.4 Å². The maximum Gasteiger partial charge on any atom is 0.298 e. The van der Waals surface area contributed by atoms with Gasteiger partial charge in [-0.05, 0) is 51.5 Å². The van der Waals surface area contributed by atoms with Crippen LogP contribution in [0.5, 0.6) is 0 Å². The first-order valence-electron chi connectivity index (χ1n) is 10.5. The van der Waals surface area contributed by atoms with Gasteiger partial charge in [-0.25, -0.2) is 14.4 Å². The molecule has 0 spiro atoms. The molecule has 0 aliphatic carbocycles. The predicted octanol–water partition coefficient (Wildman–Crippen LogP) is 4.59. The summed E-state index contributed by atoms with van der Waals surface area (Å²) in [5.41, 5.74) is 0.611. The number of amides is 1. The first-order valence-corrected chi connectivity index (χ1v) is 10.5. The van der Waals surface area contributed by atoms with E-state index in [4.69, 9.17) is 5.11 Å². The number of hydrogen-bond donors (Lipinski definition) is 2. The Kier molecular flexibility index (Phi) is 5.35. The maximum absolute atomic E-state index is 15.0. The van der Waals surface area contributed by atoms with Gasteiger partial charge in [0.15, 0.2) is 0 Å². The molecule has 0 saturated heterocycles. The third-order valence-electron chi connectivity index (χ3n) is 6.24. The van der Waals surface area contributed by atoms with Gasteiger partial charge in [0.1, 0.15) is 24.1 Å². The molecule has 2 heterocycles. The van der Waals surface area contributed by atoms with Crippen molar-refractivity contribution in [3.63, 3.8) is 0 Å².